The maximum Gasteiger partial charge on any atom is 0.159 e. The molecular weight excluding hydrogens is 279 g/mol. The summed E-state index contributed by atoms with van der Waals surface area (Å²) in [5.41, 5.74) is 1.12. The Labute approximate surface area is 121 Å². The van der Waals surface area contributed by atoms with Crippen LogP contribution in [0.1, 0.15) is 37.1 Å². The monoisotopic (exact) mass is 295 g/mol. The van der Waals surface area contributed by atoms with E-state index in [-0.39, 0.29) is 17.8 Å². The normalized spacial score (nSPS) is 14.0. The Kier molecular flexibility index (Phi) is 4.53. The molecule has 2 atom stereocenters. The molecule has 0 amide bonds. The topological polar surface area (TPSA) is 32.3 Å². The van der Waals surface area contributed by atoms with Crippen LogP contribution in [-0.2, 0) is 0 Å². The van der Waals surface area contributed by atoms with Crippen molar-refractivity contribution in [1.82, 2.24) is 5.32 Å². The average Bonchev–Trinajstić information content (AvgIpc) is 2.41. The summed E-state index contributed by atoms with van der Waals surface area (Å²) < 4.78 is 39.1. The molecule has 2 rings (SSSR count). The Hall–Kier alpha value is -2.01. The highest BCUT2D eigenvalue weighted by Gasteiger charge is 2.15. The number of hydrogen-bond acceptors (Lipinski definition) is 2. The molecule has 2 N–H and O–H groups in total. The molecule has 0 aliphatic heterocycles. The number of nitrogens with one attached hydrogen (secondary N) is 1. The molecular formula is C16H16F3NO. The third-order valence-electron chi connectivity index (χ3n) is 3.40. The minimum absolute atomic E-state index is 0.146. The predicted molar refractivity (Wildman–Crippen MR) is 74.4 cm³/mol. The second-order valence-electron chi connectivity index (χ2n) is 4.99. The van der Waals surface area contributed by atoms with Crippen LogP contribution in [0.15, 0.2) is 36.4 Å². The highest BCUT2D eigenvalue weighted by Crippen LogP contribution is 2.27. The number of aromatic hydroxyl groups is 1. The van der Waals surface area contributed by atoms with E-state index >= 15 is 0 Å². The van der Waals surface area contributed by atoms with Gasteiger partial charge in [-0.1, -0.05) is 12.1 Å². The molecule has 0 radical (unpaired) electrons. The number of halogens is 3. The Morgan fingerprint density at radius 2 is 1.62 bits per heavy atom. The molecule has 0 aromatic heterocycles. The van der Waals surface area contributed by atoms with Crippen LogP contribution in [0.5, 0.6) is 5.75 Å². The lowest BCUT2D eigenvalue weighted by Crippen LogP contribution is -2.22. The summed E-state index contributed by atoms with van der Waals surface area (Å²) in [5, 5.41) is 12.9. The summed E-state index contributed by atoms with van der Waals surface area (Å²) in [6, 6.07) is 6.93. The lowest BCUT2D eigenvalue weighted by atomic mass is 10.0. The minimum Gasteiger partial charge on any atom is -0.508 e. The zero-order chi connectivity index (χ0) is 15.6. The van der Waals surface area contributed by atoms with Gasteiger partial charge in [-0.2, -0.15) is 0 Å². The number of rotatable bonds is 4. The van der Waals surface area contributed by atoms with Crippen LogP contribution in [0.2, 0.25) is 0 Å². The highest BCUT2D eigenvalue weighted by atomic mass is 19.2. The van der Waals surface area contributed by atoms with E-state index in [2.05, 4.69) is 5.32 Å². The van der Waals surface area contributed by atoms with E-state index in [1.807, 2.05) is 0 Å². The zero-order valence-corrected chi connectivity index (χ0v) is 11.7. The van der Waals surface area contributed by atoms with Crippen LogP contribution in [0, 0.1) is 17.5 Å². The second kappa shape index (κ2) is 6.18. The second-order valence-corrected chi connectivity index (χ2v) is 4.99. The number of phenols is 1. The summed E-state index contributed by atoms with van der Waals surface area (Å²) >= 11 is 0. The summed E-state index contributed by atoms with van der Waals surface area (Å²) in [6.45, 7) is 3.59. The van der Waals surface area contributed by atoms with Gasteiger partial charge in [-0.3, -0.25) is 0 Å². The van der Waals surface area contributed by atoms with E-state index in [0.29, 0.717) is 11.1 Å². The fourth-order valence-electron chi connectivity index (χ4n) is 2.23. The smallest absolute Gasteiger partial charge is 0.159 e. The van der Waals surface area contributed by atoms with Gasteiger partial charge in [-0.05, 0) is 37.6 Å². The first kappa shape index (κ1) is 15.4. The molecule has 2 aromatic rings. The van der Waals surface area contributed by atoms with Gasteiger partial charge in [0.15, 0.2) is 11.6 Å². The van der Waals surface area contributed by atoms with Crippen molar-refractivity contribution in [1.29, 1.82) is 0 Å². The average molecular weight is 295 g/mol. The van der Waals surface area contributed by atoms with Gasteiger partial charge in [-0.15, -0.1) is 0 Å². The van der Waals surface area contributed by atoms with Crippen molar-refractivity contribution in [3.05, 3.63) is 65.0 Å². The number of phenolic OH excluding ortho intramolecular Hbond substituents is 1. The van der Waals surface area contributed by atoms with Crippen molar-refractivity contribution in [3.63, 3.8) is 0 Å². The largest absolute Gasteiger partial charge is 0.508 e. The lowest BCUT2D eigenvalue weighted by molar-refractivity contribution is 0.432. The first-order chi connectivity index (χ1) is 9.88. The van der Waals surface area contributed by atoms with E-state index in [4.69, 9.17) is 0 Å². The molecule has 0 heterocycles. The van der Waals surface area contributed by atoms with Crippen molar-refractivity contribution in [2.24, 2.45) is 0 Å². The molecule has 0 spiro atoms. The van der Waals surface area contributed by atoms with Crippen molar-refractivity contribution in [3.8, 4) is 5.75 Å². The molecule has 0 bridgehead atoms. The summed E-state index contributed by atoms with van der Waals surface area (Å²) in [7, 11) is 0. The van der Waals surface area contributed by atoms with Crippen molar-refractivity contribution in [2.75, 3.05) is 0 Å². The standard InChI is InChI=1S/C16H16F3NO/c1-9(11-3-6-14(18)15(19)7-11)20-10(2)13-5-4-12(17)8-16(13)21/h3-10,20-21H,1-2H3. The van der Waals surface area contributed by atoms with Gasteiger partial charge < -0.3 is 10.4 Å². The van der Waals surface area contributed by atoms with E-state index < -0.39 is 17.5 Å². The molecule has 0 fully saturated rings. The molecule has 2 aromatic carbocycles. The molecule has 2 unspecified atom stereocenters. The predicted octanol–water partition coefficient (Wildman–Crippen LogP) is 4.22. The molecule has 0 saturated carbocycles. The van der Waals surface area contributed by atoms with Crippen LogP contribution in [0.3, 0.4) is 0 Å². The van der Waals surface area contributed by atoms with Gasteiger partial charge in [0.1, 0.15) is 11.6 Å². The van der Waals surface area contributed by atoms with Crippen LogP contribution in [0.25, 0.3) is 0 Å². The SMILES string of the molecule is CC(NC(C)c1ccc(F)cc1O)c1ccc(F)c(F)c1. The van der Waals surface area contributed by atoms with Gasteiger partial charge in [-0.25, -0.2) is 13.2 Å². The lowest BCUT2D eigenvalue weighted by Gasteiger charge is -2.21. The van der Waals surface area contributed by atoms with Gasteiger partial charge in [0.05, 0.1) is 0 Å². The van der Waals surface area contributed by atoms with Gasteiger partial charge in [0, 0.05) is 23.7 Å². The van der Waals surface area contributed by atoms with Gasteiger partial charge >= 0.3 is 0 Å². The first-order valence-electron chi connectivity index (χ1n) is 6.58. The van der Waals surface area contributed by atoms with Gasteiger partial charge in [0.2, 0.25) is 0 Å². The molecule has 112 valence electrons. The van der Waals surface area contributed by atoms with Crippen LogP contribution < -0.4 is 5.32 Å². The molecule has 0 aliphatic carbocycles. The van der Waals surface area contributed by atoms with Crippen molar-refractivity contribution < 1.29 is 18.3 Å². The fraction of sp³-hybridized carbons (Fsp3) is 0.250. The quantitative estimate of drug-likeness (QED) is 0.885. The molecule has 0 saturated heterocycles. The summed E-state index contributed by atoms with van der Waals surface area (Å²) in [4.78, 5) is 0. The maximum absolute atomic E-state index is 13.2. The van der Waals surface area contributed by atoms with E-state index in [9.17, 15) is 18.3 Å². The minimum atomic E-state index is -0.904. The van der Waals surface area contributed by atoms with Gasteiger partial charge in [0.25, 0.3) is 0 Å². The summed E-state index contributed by atoms with van der Waals surface area (Å²) in [5.74, 6) is -2.46. The third-order valence-corrected chi connectivity index (χ3v) is 3.40. The Morgan fingerprint density at radius 1 is 0.905 bits per heavy atom. The number of benzene rings is 2. The van der Waals surface area contributed by atoms with Crippen LogP contribution >= 0.6 is 0 Å². The fourth-order valence-corrected chi connectivity index (χ4v) is 2.23. The zero-order valence-electron chi connectivity index (χ0n) is 11.7. The highest BCUT2D eigenvalue weighted by molar-refractivity contribution is 5.35. The summed E-state index contributed by atoms with van der Waals surface area (Å²) in [6.07, 6.45) is 0. The Balaban J connectivity index is 2.14. The number of hydrogen-bond donors (Lipinski definition) is 2. The van der Waals surface area contributed by atoms with E-state index in [1.54, 1.807) is 13.8 Å². The van der Waals surface area contributed by atoms with E-state index in [0.717, 1.165) is 18.2 Å². The molecule has 5 heteroatoms. The molecule has 0 aliphatic rings. The van der Waals surface area contributed by atoms with Crippen molar-refractivity contribution in [2.45, 2.75) is 25.9 Å². The Bertz CT molecular complexity index is 645. The van der Waals surface area contributed by atoms with Crippen LogP contribution in [0.4, 0.5) is 13.2 Å². The first-order valence-corrected chi connectivity index (χ1v) is 6.58. The maximum atomic E-state index is 13.2. The molecule has 2 nitrogen and oxygen atoms in total. The van der Waals surface area contributed by atoms with E-state index in [1.165, 1.54) is 18.2 Å². The van der Waals surface area contributed by atoms with Crippen LogP contribution in [-0.4, -0.2) is 5.11 Å². The Morgan fingerprint density at radius 3 is 2.24 bits per heavy atom. The molecule has 21 heavy (non-hydrogen) atoms. The van der Waals surface area contributed by atoms with Crippen molar-refractivity contribution >= 4 is 0 Å². The third kappa shape index (κ3) is 3.55.